The largest absolute Gasteiger partial charge is 0.481 e. The van der Waals surface area contributed by atoms with Crippen molar-refractivity contribution in [1.82, 2.24) is 0 Å². The SMILES string of the molecule is CCO[C@@H](c1ccc(F)cc1)c1cc(Nc2ccc(Cl)cc2)cc(C(CC)CC(=O)O)c1. The van der Waals surface area contributed by atoms with Crippen LogP contribution in [0.2, 0.25) is 5.02 Å². The summed E-state index contributed by atoms with van der Waals surface area (Å²) >= 11 is 6.00. The van der Waals surface area contributed by atoms with Gasteiger partial charge >= 0.3 is 5.97 Å². The fourth-order valence-corrected chi connectivity index (χ4v) is 3.86. The number of hydrogen-bond donors (Lipinski definition) is 2. The second-order valence-electron chi connectivity index (χ2n) is 7.61. The number of carboxylic acid groups (broad SMARTS) is 1. The summed E-state index contributed by atoms with van der Waals surface area (Å²) in [5, 5.41) is 13.4. The summed E-state index contributed by atoms with van der Waals surface area (Å²) in [4.78, 5) is 11.4. The van der Waals surface area contributed by atoms with Crippen LogP contribution in [-0.4, -0.2) is 17.7 Å². The van der Waals surface area contributed by atoms with Crippen molar-refractivity contribution >= 4 is 28.9 Å². The number of anilines is 2. The summed E-state index contributed by atoms with van der Waals surface area (Å²) in [6, 6.07) is 19.6. The maximum atomic E-state index is 13.5. The highest BCUT2D eigenvalue weighted by Gasteiger charge is 2.20. The van der Waals surface area contributed by atoms with Crippen molar-refractivity contribution in [2.24, 2.45) is 0 Å². The van der Waals surface area contributed by atoms with Gasteiger partial charge in [-0.2, -0.15) is 0 Å². The van der Waals surface area contributed by atoms with E-state index in [0.29, 0.717) is 18.1 Å². The van der Waals surface area contributed by atoms with Crippen LogP contribution >= 0.6 is 11.6 Å². The Bertz CT molecular complexity index is 1040. The highest BCUT2D eigenvalue weighted by molar-refractivity contribution is 6.30. The zero-order valence-corrected chi connectivity index (χ0v) is 18.9. The summed E-state index contributed by atoms with van der Waals surface area (Å²) < 4.78 is 19.5. The lowest BCUT2D eigenvalue weighted by Gasteiger charge is -2.23. The molecule has 4 nitrogen and oxygen atoms in total. The minimum Gasteiger partial charge on any atom is -0.481 e. The van der Waals surface area contributed by atoms with Gasteiger partial charge in [-0.15, -0.1) is 0 Å². The first kappa shape index (κ1) is 23.8. The fourth-order valence-electron chi connectivity index (χ4n) is 3.73. The standard InChI is InChI=1S/C26H27ClFNO3/c1-3-17(16-25(30)31)19-13-20(26(32-4-2)18-5-9-22(28)10-6-18)15-24(14-19)29-23-11-7-21(27)8-12-23/h5-15,17,26,29H,3-4,16H2,1-2H3,(H,30,31)/t17?,26-/m0/s1. The Balaban J connectivity index is 2.07. The number of hydrogen-bond acceptors (Lipinski definition) is 3. The molecule has 0 spiro atoms. The van der Waals surface area contributed by atoms with Gasteiger partial charge in [0, 0.05) is 23.0 Å². The van der Waals surface area contributed by atoms with Crippen LogP contribution in [0.15, 0.2) is 66.7 Å². The van der Waals surface area contributed by atoms with Crippen molar-refractivity contribution in [3.05, 3.63) is 94.3 Å². The Kier molecular flexibility index (Phi) is 8.26. The monoisotopic (exact) mass is 455 g/mol. The summed E-state index contributed by atoms with van der Waals surface area (Å²) in [5.41, 5.74) is 4.29. The van der Waals surface area contributed by atoms with Crippen LogP contribution in [0.3, 0.4) is 0 Å². The van der Waals surface area contributed by atoms with Crippen LogP contribution in [0.1, 0.15) is 55.4 Å². The third kappa shape index (κ3) is 6.31. The number of nitrogens with one attached hydrogen (secondary N) is 1. The smallest absolute Gasteiger partial charge is 0.303 e. The van der Waals surface area contributed by atoms with E-state index in [-0.39, 0.29) is 18.2 Å². The van der Waals surface area contributed by atoms with E-state index in [1.807, 2.05) is 44.2 Å². The molecule has 0 saturated heterocycles. The molecule has 0 aromatic heterocycles. The Morgan fingerprint density at radius 2 is 1.62 bits per heavy atom. The van der Waals surface area contributed by atoms with Crippen LogP contribution in [0.5, 0.6) is 0 Å². The molecule has 0 amide bonds. The molecule has 3 rings (SSSR count). The molecule has 0 aliphatic rings. The topological polar surface area (TPSA) is 58.6 Å². The molecule has 0 aliphatic carbocycles. The van der Waals surface area contributed by atoms with E-state index in [9.17, 15) is 14.3 Å². The van der Waals surface area contributed by atoms with E-state index in [2.05, 4.69) is 5.32 Å². The van der Waals surface area contributed by atoms with Gasteiger partial charge in [0.05, 0.1) is 6.42 Å². The summed E-state index contributed by atoms with van der Waals surface area (Å²) in [6.07, 6.45) is 0.316. The van der Waals surface area contributed by atoms with Crippen LogP contribution < -0.4 is 5.32 Å². The van der Waals surface area contributed by atoms with Gasteiger partial charge in [0.1, 0.15) is 11.9 Å². The van der Waals surface area contributed by atoms with Gasteiger partial charge in [0.25, 0.3) is 0 Å². The molecule has 0 heterocycles. The highest BCUT2D eigenvalue weighted by Crippen LogP contribution is 2.34. The Morgan fingerprint density at radius 3 is 2.22 bits per heavy atom. The van der Waals surface area contributed by atoms with Crippen molar-refractivity contribution in [2.45, 2.75) is 38.7 Å². The number of aliphatic carboxylic acids is 1. The van der Waals surface area contributed by atoms with Crippen molar-refractivity contribution in [2.75, 3.05) is 11.9 Å². The molecule has 2 N–H and O–H groups in total. The molecule has 32 heavy (non-hydrogen) atoms. The predicted octanol–water partition coefficient (Wildman–Crippen LogP) is 7.32. The molecule has 1 unspecified atom stereocenters. The molecule has 3 aromatic rings. The zero-order chi connectivity index (χ0) is 23.1. The lowest BCUT2D eigenvalue weighted by molar-refractivity contribution is -0.137. The molecule has 0 fully saturated rings. The van der Waals surface area contributed by atoms with Crippen molar-refractivity contribution < 1.29 is 19.0 Å². The Labute approximate surface area is 193 Å². The summed E-state index contributed by atoms with van der Waals surface area (Å²) in [7, 11) is 0. The minimum atomic E-state index is -0.839. The lowest BCUT2D eigenvalue weighted by Crippen LogP contribution is -2.10. The normalized spacial score (nSPS) is 12.9. The quantitative estimate of drug-likeness (QED) is 0.336. The average Bonchev–Trinajstić information content (AvgIpc) is 2.78. The van der Waals surface area contributed by atoms with E-state index in [4.69, 9.17) is 16.3 Å². The second-order valence-corrected chi connectivity index (χ2v) is 8.05. The van der Waals surface area contributed by atoms with E-state index in [0.717, 1.165) is 28.1 Å². The van der Waals surface area contributed by atoms with Crippen molar-refractivity contribution in [3.63, 3.8) is 0 Å². The molecule has 168 valence electrons. The maximum absolute atomic E-state index is 13.5. The number of carboxylic acids is 1. The van der Waals surface area contributed by atoms with Gasteiger partial charge in [0.2, 0.25) is 0 Å². The molecule has 2 atom stereocenters. The van der Waals surface area contributed by atoms with E-state index in [1.165, 1.54) is 12.1 Å². The highest BCUT2D eigenvalue weighted by atomic mass is 35.5. The average molecular weight is 456 g/mol. The minimum absolute atomic E-state index is 0.0379. The second kappa shape index (κ2) is 11.1. The van der Waals surface area contributed by atoms with Crippen molar-refractivity contribution in [1.29, 1.82) is 0 Å². The third-order valence-corrected chi connectivity index (χ3v) is 5.56. The maximum Gasteiger partial charge on any atom is 0.303 e. The molecule has 0 radical (unpaired) electrons. The summed E-state index contributed by atoms with van der Waals surface area (Å²) in [5.74, 6) is -1.29. The van der Waals surface area contributed by atoms with E-state index < -0.39 is 12.1 Å². The van der Waals surface area contributed by atoms with Crippen LogP contribution in [0, 0.1) is 5.82 Å². The fraction of sp³-hybridized carbons (Fsp3) is 0.269. The molecule has 0 saturated carbocycles. The first-order valence-corrected chi connectivity index (χ1v) is 11.0. The molecule has 6 heteroatoms. The first-order valence-electron chi connectivity index (χ1n) is 10.7. The van der Waals surface area contributed by atoms with Crippen LogP contribution in [0.25, 0.3) is 0 Å². The van der Waals surface area contributed by atoms with Gasteiger partial charge in [-0.05, 0) is 84.5 Å². The molecular formula is C26H27ClFNO3. The lowest BCUT2D eigenvalue weighted by atomic mass is 9.89. The van der Waals surface area contributed by atoms with Gasteiger partial charge in [-0.1, -0.05) is 36.7 Å². The molecule has 3 aromatic carbocycles. The predicted molar refractivity (Wildman–Crippen MR) is 126 cm³/mol. The number of carbonyl (C=O) groups is 1. The molecule has 0 aliphatic heterocycles. The Morgan fingerprint density at radius 1 is 0.969 bits per heavy atom. The number of rotatable bonds is 10. The number of halogens is 2. The van der Waals surface area contributed by atoms with Gasteiger partial charge < -0.3 is 15.2 Å². The number of ether oxygens (including phenoxy) is 1. The molecular weight excluding hydrogens is 429 g/mol. The van der Waals surface area contributed by atoms with Gasteiger partial charge in [-0.25, -0.2) is 4.39 Å². The number of benzene rings is 3. The van der Waals surface area contributed by atoms with Crippen LogP contribution in [0.4, 0.5) is 15.8 Å². The van der Waals surface area contributed by atoms with Crippen LogP contribution in [-0.2, 0) is 9.53 Å². The van der Waals surface area contributed by atoms with E-state index >= 15 is 0 Å². The van der Waals surface area contributed by atoms with Gasteiger partial charge in [0.15, 0.2) is 0 Å². The first-order chi connectivity index (χ1) is 15.4. The van der Waals surface area contributed by atoms with Crippen molar-refractivity contribution in [3.8, 4) is 0 Å². The zero-order valence-electron chi connectivity index (χ0n) is 18.1. The molecule has 0 bridgehead atoms. The van der Waals surface area contributed by atoms with E-state index in [1.54, 1.807) is 24.3 Å². The third-order valence-electron chi connectivity index (χ3n) is 5.30. The Hall–Kier alpha value is -2.89. The summed E-state index contributed by atoms with van der Waals surface area (Å²) in [6.45, 7) is 4.36. The van der Waals surface area contributed by atoms with Gasteiger partial charge in [-0.3, -0.25) is 4.79 Å².